The van der Waals surface area contributed by atoms with Gasteiger partial charge in [0.15, 0.2) is 28.2 Å². The number of hydrogen-bond donors (Lipinski definition) is 12. The van der Waals surface area contributed by atoms with Gasteiger partial charge in [0.05, 0.1) is 104 Å². The van der Waals surface area contributed by atoms with E-state index in [4.69, 9.17) is 33.4 Å². The number of carbonyl (C=O) groups excluding carboxylic acids is 3. The number of ether oxygens (including phenoxy) is 1. The minimum absolute atomic E-state index is 0.162. The molecule has 1 saturated carbocycles. The van der Waals surface area contributed by atoms with Gasteiger partial charge in [-0.15, -0.1) is 11.3 Å². The number of nitrogens with zero attached hydrogens (tertiary/aromatic N) is 22. The lowest BCUT2D eigenvalue weighted by Gasteiger charge is -2.13. The van der Waals surface area contributed by atoms with E-state index < -0.39 is 0 Å². The third kappa shape index (κ3) is 17.5. The molecule has 20 rings (SSSR count). The molecule has 17 N–H and O–H groups in total. The van der Waals surface area contributed by atoms with Crippen LogP contribution in [0.3, 0.4) is 0 Å². The van der Waals surface area contributed by atoms with Crippen molar-refractivity contribution in [1.29, 1.82) is 0 Å². The quantitative estimate of drug-likeness (QED) is 0.0481. The van der Waals surface area contributed by atoms with Crippen LogP contribution in [-0.2, 0) is 0 Å². The molecule has 19 aromatic rings. The topological polar surface area (TPSA) is 514 Å². The first-order chi connectivity index (χ1) is 58.7. The Balaban J connectivity index is 0.000000112. The first kappa shape index (κ1) is 76.8. The Labute approximate surface area is 683 Å². The summed E-state index contributed by atoms with van der Waals surface area (Å²) in [6, 6.07) is 54.1. The Hall–Kier alpha value is -17.1. The maximum Gasteiger partial charge on any atom is 0.324 e. The summed E-state index contributed by atoms with van der Waals surface area (Å²) in [4.78, 5) is 77.2. The van der Waals surface area contributed by atoms with E-state index in [0.717, 1.165) is 79.7 Å². The van der Waals surface area contributed by atoms with E-state index in [1.807, 2.05) is 150 Å². The number of amides is 6. The van der Waals surface area contributed by atoms with Crippen LogP contribution in [0.5, 0.6) is 5.75 Å². The van der Waals surface area contributed by atoms with Crippen molar-refractivity contribution in [3.8, 4) is 51.1 Å². The number of fused-ring (bicyclic) bond motifs is 5. The van der Waals surface area contributed by atoms with Crippen LogP contribution in [0.15, 0.2) is 263 Å². The van der Waals surface area contributed by atoms with Crippen LogP contribution in [0.25, 0.3) is 101 Å². The van der Waals surface area contributed by atoms with Crippen LogP contribution in [0.1, 0.15) is 25.7 Å². The average molecular weight is 1620 g/mol. The highest BCUT2D eigenvalue weighted by atomic mass is 32.1. The lowest BCUT2D eigenvalue weighted by Crippen LogP contribution is -2.36. The highest BCUT2D eigenvalue weighted by Gasteiger charge is 2.20. The van der Waals surface area contributed by atoms with Gasteiger partial charge in [-0.05, 0) is 164 Å². The van der Waals surface area contributed by atoms with Crippen molar-refractivity contribution in [2.24, 2.45) is 0 Å². The zero-order valence-electron chi connectivity index (χ0n) is 63.5. The number of thiophene rings is 1. The molecular formula is C81H72N34O4S. The molecule has 0 bridgehead atoms. The van der Waals surface area contributed by atoms with Gasteiger partial charge in [0.25, 0.3) is 0 Å². The monoisotopic (exact) mass is 1620 g/mol. The standard InChI is InChI=1S/C19H17N7O2.C17H19N7O.C16H13N7OS.C15H12N6.C14H11N7/c1-28-15-4-2-3-13(9-15)25-19(27)24-12-5-7-14(8-6-12)26-18-16(10-23-26)17(20)21-11-22-18;18-15-14-9-21-24(16(14)20-10-19-15)13-7-5-12(6-8-13)23-17(25)22-11-3-1-2-4-11;17-14-12-8-20-23(15(12)19-9-18-14)11-5-3-10(4-6-11)21-16(24)22-13-2-1-7-25-13;16-14-13-9-19-21(15(13)18-10-17-14)12-5-3-4-11(8-12)20-6-1-2-7-20;15-13-11-7-19-21(14(11)17-8-16-13)10-3-1-2-9(6-10)12-4-5-18-20-12/h2-11H,1H3,(H2,20,21,22)(H2,24,25,27);5-11H,1-4H2,(H2,18,19,20)(H2,22,23,25);1-9H,(H2,17,18,19)(H2,21,22,24);1-10H,(H2,16,17,18);1-8H,(H,18,20)(H2,15,16,17). The molecule has 38 nitrogen and oxygen atoms in total. The second kappa shape index (κ2) is 35.1. The molecule has 0 atom stereocenters. The van der Waals surface area contributed by atoms with Crippen LogP contribution in [0.4, 0.5) is 71.2 Å². The molecule has 1 fully saturated rings. The third-order valence-electron chi connectivity index (χ3n) is 18.7. The molecule has 39 heteroatoms. The molecule has 1 aliphatic rings. The number of nitrogens with one attached hydrogen (secondary N) is 7. The van der Waals surface area contributed by atoms with E-state index in [1.54, 1.807) is 116 Å². The van der Waals surface area contributed by atoms with Gasteiger partial charge in [-0.3, -0.25) is 10.4 Å². The molecule has 0 unspecified atom stereocenters. The normalized spacial score (nSPS) is 11.6. The molecular weight excluding hydrogens is 1550 g/mol. The number of nitrogens with two attached hydrogens (primary N) is 5. The average Bonchev–Trinajstić information content (AvgIpc) is 1.65. The van der Waals surface area contributed by atoms with E-state index in [0.29, 0.717) is 102 Å². The van der Waals surface area contributed by atoms with E-state index in [-0.39, 0.29) is 18.1 Å². The van der Waals surface area contributed by atoms with Crippen LogP contribution in [0, 0.1) is 0 Å². The largest absolute Gasteiger partial charge is 0.497 e. The maximum atomic E-state index is 12.2. The summed E-state index contributed by atoms with van der Waals surface area (Å²) >= 11 is 1.46. The van der Waals surface area contributed by atoms with Gasteiger partial charge in [0.1, 0.15) is 66.5 Å². The van der Waals surface area contributed by atoms with Gasteiger partial charge >= 0.3 is 18.1 Å². The fraction of sp³-hybridized carbons (Fsp3) is 0.0741. The molecule has 0 saturated heterocycles. The van der Waals surface area contributed by atoms with Gasteiger partial charge in [-0.25, -0.2) is 87.6 Å². The second-order valence-electron chi connectivity index (χ2n) is 26.5. The van der Waals surface area contributed by atoms with Gasteiger partial charge in [-0.2, -0.15) is 30.6 Å². The molecule has 0 radical (unpaired) electrons. The number of aromatic amines is 1. The molecule has 120 heavy (non-hydrogen) atoms. The Morgan fingerprint density at radius 3 is 1.23 bits per heavy atom. The molecule has 6 amide bonds. The number of rotatable bonds is 14. The molecule has 13 heterocycles. The summed E-state index contributed by atoms with van der Waals surface area (Å²) in [6.07, 6.45) is 25.6. The summed E-state index contributed by atoms with van der Waals surface area (Å²) in [5.74, 6) is 2.70. The number of aromatic nitrogens is 23. The minimum Gasteiger partial charge on any atom is -0.497 e. The molecule has 1 aliphatic carbocycles. The predicted molar refractivity (Wildman–Crippen MR) is 459 cm³/mol. The Bertz CT molecular complexity index is 6610. The lowest BCUT2D eigenvalue weighted by molar-refractivity contribution is 0.248. The summed E-state index contributed by atoms with van der Waals surface area (Å²) in [6.45, 7) is 0. The van der Waals surface area contributed by atoms with Crippen molar-refractivity contribution in [2.75, 3.05) is 62.4 Å². The van der Waals surface area contributed by atoms with Gasteiger partial charge in [0.2, 0.25) is 0 Å². The number of H-pyrrole nitrogens is 1. The number of nitrogen functional groups attached to an aromatic ring is 5. The van der Waals surface area contributed by atoms with E-state index in [9.17, 15) is 14.4 Å². The van der Waals surface area contributed by atoms with Crippen molar-refractivity contribution >= 4 is 141 Å². The summed E-state index contributed by atoms with van der Waals surface area (Å²) in [5, 5.41) is 51.8. The minimum atomic E-state index is -0.356. The molecule has 0 aliphatic heterocycles. The first-order valence-corrected chi connectivity index (χ1v) is 37.9. The number of urea groups is 3. The number of carbonyl (C=O) groups is 3. The molecule has 13 aromatic heterocycles. The van der Waals surface area contributed by atoms with Gasteiger partial charge in [0, 0.05) is 64.7 Å². The zero-order chi connectivity index (χ0) is 82.4. The van der Waals surface area contributed by atoms with E-state index >= 15 is 0 Å². The van der Waals surface area contributed by atoms with Crippen LogP contribution in [0.2, 0.25) is 0 Å². The fourth-order valence-electron chi connectivity index (χ4n) is 12.9. The smallest absolute Gasteiger partial charge is 0.324 e. The highest BCUT2D eigenvalue weighted by Crippen LogP contribution is 2.29. The maximum absolute atomic E-state index is 12.2. The van der Waals surface area contributed by atoms with Crippen molar-refractivity contribution in [3.05, 3.63) is 263 Å². The van der Waals surface area contributed by atoms with Crippen molar-refractivity contribution in [2.45, 2.75) is 31.7 Å². The number of methoxy groups -OCH3 is 1. The highest BCUT2D eigenvalue weighted by molar-refractivity contribution is 7.14. The zero-order valence-corrected chi connectivity index (χ0v) is 64.3. The Kier molecular flexibility index (Phi) is 22.5. The third-order valence-corrected chi connectivity index (χ3v) is 19.5. The van der Waals surface area contributed by atoms with Crippen molar-refractivity contribution in [1.82, 2.24) is 119 Å². The first-order valence-electron chi connectivity index (χ1n) is 37.0. The molecule has 6 aromatic carbocycles. The fourth-order valence-corrected chi connectivity index (χ4v) is 13.5. The van der Waals surface area contributed by atoms with Crippen LogP contribution >= 0.6 is 11.3 Å². The van der Waals surface area contributed by atoms with Gasteiger partial charge < -0.3 is 64.6 Å². The number of anilines is 10. The van der Waals surface area contributed by atoms with Gasteiger partial charge in [-0.1, -0.05) is 37.1 Å². The van der Waals surface area contributed by atoms with Crippen LogP contribution in [-0.4, -0.2) is 145 Å². The van der Waals surface area contributed by atoms with Crippen molar-refractivity contribution < 1.29 is 19.1 Å². The number of hydrogen-bond acceptors (Lipinski definition) is 26. The summed E-state index contributed by atoms with van der Waals surface area (Å²) in [5.41, 5.74) is 42.4. The Morgan fingerprint density at radius 2 is 0.800 bits per heavy atom. The summed E-state index contributed by atoms with van der Waals surface area (Å²) < 4.78 is 15.7. The van der Waals surface area contributed by atoms with E-state index in [1.165, 1.54) is 55.8 Å². The van der Waals surface area contributed by atoms with Crippen LogP contribution < -0.4 is 65.3 Å². The number of benzene rings is 6. The SMILES string of the molecule is COc1cccc(NC(=O)Nc2ccc(-n3ncc4c(N)ncnc43)cc2)c1.Nc1ncnc2c1cnn2-c1ccc(NC(=O)NC2CCCC2)cc1.Nc1ncnc2c1cnn2-c1ccc(NC(=O)Nc2cccs2)cc1.Nc1ncnc2c1cnn2-c1cccc(-c2ccn[nH]2)c1.Nc1ncnc2c1cnn2-c1cccc(-n2cccc2)c1. The Morgan fingerprint density at radius 1 is 0.400 bits per heavy atom. The van der Waals surface area contributed by atoms with Crippen molar-refractivity contribution in [3.63, 3.8) is 0 Å². The predicted octanol–water partition coefficient (Wildman–Crippen LogP) is 12.6. The van der Waals surface area contributed by atoms with E-state index in [2.05, 4.69) is 117 Å². The second-order valence-corrected chi connectivity index (χ2v) is 27.4. The molecule has 596 valence electrons. The summed E-state index contributed by atoms with van der Waals surface area (Å²) in [7, 11) is 1.57. The lowest BCUT2D eigenvalue weighted by atomic mass is 10.1. The molecule has 0 spiro atoms.